The SMILES string of the molecule is O=C(NCCS(=O)(=O)N1CCN(C(=O)N[C@@H](C(=O)N[C@H]2Cc3ccc(F)c(C(=O)O)c3OB2O)c2cc(F)c(O)c(O)c2Cl)C1=O)c1nccs1. The van der Waals surface area contributed by atoms with Crippen molar-refractivity contribution in [3.05, 3.63) is 68.1 Å². The standard InChI is InChI=1S/C27H24BClF2N6O12S2/c29-17-12(10-14(31)19(38)20(17)39)18(22(40)34-15-9-11-1-2-13(30)16(25(42)43)21(11)49-28(15)46)35-26(44)36-5-6-37(27(36)45)51(47,48)8-4-32-23(41)24-33-3-7-50-24/h1-3,7,10,15,18,38-39,46H,4-6,8-9H2,(H,32,41)(H,34,40)(H,35,44)(H,42,43)/t15-,18+/m0/s1. The number of carboxylic acid groups (broad SMARTS) is 1. The van der Waals surface area contributed by atoms with Crippen LogP contribution in [0.15, 0.2) is 29.8 Å². The molecule has 1 fully saturated rings. The Kier molecular flexibility index (Phi) is 10.6. The monoisotopic (exact) mass is 772 g/mol. The molecular weight excluding hydrogens is 749 g/mol. The summed E-state index contributed by atoms with van der Waals surface area (Å²) in [5.74, 6) is -11.5. The number of nitrogens with one attached hydrogen (secondary N) is 3. The molecule has 1 saturated heterocycles. The van der Waals surface area contributed by atoms with Gasteiger partial charge in [0.05, 0.1) is 29.8 Å². The number of sulfonamides is 1. The number of nitrogens with zero attached hydrogens (tertiary/aromatic N) is 3. The van der Waals surface area contributed by atoms with Crippen LogP contribution >= 0.6 is 22.9 Å². The maximum atomic E-state index is 14.6. The van der Waals surface area contributed by atoms with Crippen LogP contribution in [0.3, 0.4) is 0 Å². The van der Waals surface area contributed by atoms with Gasteiger partial charge in [-0.15, -0.1) is 11.3 Å². The van der Waals surface area contributed by atoms with Crippen molar-refractivity contribution in [2.75, 3.05) is 25.4 Å². The zero-order valence-electron chi connectivity index (χ0n) is 25.5. The number of fused-ring (bicyclic) bond motifs is 1. The van der Waals surface area contributed by atoms with Crippen LogP contribution in [0.25, 0.3) is 0 Å². The maximum absolute atomic E-state index is 14.6. The molecular formula is C27H24BClF2N6O12S2. The number of aromatic carboxylic acids is 1. The molecule has 0 unspecified atom stereocenters. The summed E-state index contributed by atoms with van der Waals surface area (Å²) >= 11 is 7.11. The molecule has 18 nitrogen and oxygen atoms in total. The first-order chi connectivity index (χ1) is 24.0. The number of urea groups is 2. The van der Waals surface area contributed by atoms with Gasteiger partial charge in [0.15, 0.2) is 22.3 Å². The Bertz CT molecular complexity index is 2040. The number of thiazole rings is 1. The minimum absolute atomic E-state index is 0.0445. The predicted molar refractivity (Wildman–Crippen MR) is 171 cm³/mol. The number of rotatable bonds is 10. The van der Waals surface area contributed by atoms with Crippen molar-refractivity contribution in [3.8, 4) is 17.2 Å². The predicted octanol–water partition coefficient (Wildman–Crippen LogP) is 0.572. The van der Waals surface area contributed by atoms with Gasteiger partial charge in [0.1, 0.15) is 23.2 Å². The summed E-state index contributed by atoms with van der Waals surface area (Å²) in [7, 11) is -6.40. The van der Waals surface area contributed by atoms with E-state index in [4.69, 9.17) is 16.3 Å². The number of aromatic nitrogens is 1. The second-order valence-corrected chi connectivity index (χ2v) is 14.1. The molecule has 2 aromatic carbocycles. The number of aromatic hydroxyl groups is 2. The van der Waals surface area contributed by atoms with Crippen LogP contribution in [0.1, 0.15) is 37.3 Å². The highest BCUT2D eigenvalue weighted by atomic mass is 35.5. The van der Waals surface area contributed by atoms with E-state index in [-0.39, 0.29) is 17.0 Å². The summed E-state index contributed by atoms with van der Waals surface area (Å²) in [5.41, 5.74) is -1.50. The number of halogens is 3. The molecule has 6 amide bonds. The highest BCUT2D eigenvalue weighted by Crippen LogP contribution is 2.41. The van der Waals surface area contributed by atoms with Crippen LogP contribution in [0.5, 0.6) is 17.2 Å². The summed E-state index contributed by atoms with van der Waals surface area (Å²) in [6.07, 6.45) is 1.02. The van der Waals surface area contributed by atoms with E-state index >= 15 is 0 Å². The van der Waals surface area contributed by atoms with E-state index in [1.165, 1.54) is 11.6 Å². The molecule has 5 rings (SSSR count). The first-order valence-corrected chi connectivity index (χ1v) is 17.3. The third-order valence-corrected chi connectivity index (χ3v) is 10.5. The number of benzene rings is 2. The molecule has 0 spiro atoms. The van der Waals surface area contributed by atoms with Crippen molar-refractivity contribution in [2.45, 2.75) is 18.4 Å². The van der Waals surface area contributed by atoms with E-state index in [0.29, 0.717) is 15.3 Å². The summed E-state index contributed by atoms with van der Waals surface area (Å²) in [6, 6.07) is -2.41. The summed E-state index contributed by atoms with van der Waals surface area (Å²) < 4.78 is 60.1. The van der Waals surface area contributed by atoms with Gasteiger partial charge in [0.25, 0.3) is 5.91 Å². The van der Waals surface area contributed by atoms with Crippen molar-refractivity contribution in [1.82, 2.24) is 30.1 Å². The molecule has 0 aliphatic carbocycles. The van der Waals surface area contributed by atoms with Crippen LogP contribution in [-0.4, -0.2) is 111 Å². The van der Waals surface area contributed by atoms with Crippen molar-refractivity contribution in [1.29, 1.82) is 0 Å². The normalized spacial score (nSPS) is 16.3. The van der Waals surface area contributed by atoms with Crippen molar-refractivity contribution in [3.63, 3.8) is 0 Å². The van der Waals surface area contributed by atoms with E-state index < -0.39 is 129 Å². The van der Waals surface area contributed by atoms with Crippen molar-refractivity contribution in [2.24, 2.45) is 0 Å². The number of amides is 6. The number of phenolic OH excluding ortho intramolecular Hbond substituents is 2. The van der Waals surface area contributed by atoms with Crippen LogP contribution in [0.4, 0.5) is 18.4 Å². The summed E-state index contributed by atoms with van der Waals surface area (Å²) in [5, 5.41) is 47.4. The van der Waals surface area contributed by atoms with E-state index in [0.717, 1.165) is 23.5 Å². The Morgan fingerprint density at radius 1 is 1.16 bits per heavy atom. The first-order valence-electron chi connectivity index (χ1n) is 14.4. The zero-order chi connectivity index (χ0) is 37.4. The third kappa shape index (κ3) is 7.45. The Labute approximate surface area is 294 Å². The average molecular weight is 773 g/mol. The van der Waals surface area contributed by atoms with E-state index in [1.807, 2.05) is 0 Å². The number of carbonyl (C=O) groups excluding carboxylic acids is 4. The van der Waals surface area contributed by atoms with Gasteiger partial charge in [0.2, 0.25) is 15.9 Å². The minimum Gasteiger partial charge on any atom is -0.534 e. The average Bonchev–Trinajstić information content (AvgIpc) is 3.75. The highest BCUT2D eigenvalue weighted by molar-refractivity contribution is 7.89. The molecule has 24 heteroatoms. The van der Waals surface area contributed by atoms with Gasteiger partial charge < -0.3 is 40.9 Å². The van der Waals surface area contributed by atoms with Crippen molar-refractivity contribution >= 4 is 69.9 Å². The molecule has 2 aliphatic rings. The largest absolute Gasteiger partial charge is 0.547 e. The van der Waals surface area contributed by atoms with Crippen LogP contribution in [-0.2, 0) is 21.2 Å². The number of carbonyl (C=O) groups is 5. The number of carboxylic acids is 1. The lowest BCUT2D eigenvalue weighted by atomic mass is 9.72. The molecule has 3 heterocycles. The Hall–Kier alpha value is -5.26. The Morgan fingerprint density at radius 3 is 2.55 bits per heavy atom. The van der Waals surface area contributed by atoms with Crippen LogP contribution < -0.4 is 20.6 Å². The molecule has 2 aliphatic heterocycles. The highest BCUT2D eigenvalue weighted by Gasteiger charge is 2.43. The molecule has 1 aromatic heterocycles. The molecule has 51 heavy (non-hydrogen) atoms. The maximum Gasteiger partial charge on any atom is 0.547 e. The van der Waals surface area contributed by atoms with E-state index in [9.17, 15) is 61.5 Å². The molecule has 0 saturated carbocycles. The third-order valence-electron chi connectivity index (χ3n) is 7.61. The second-order valence-electron chi connectivity index (χ2n) is 10.8. The summed E-state index contributed by atoms with van der Waals surface area (Å²) in [6.45, 7) is -1.46. The zero-order valence-corrected chi connectivity index (χ0v) is 27.9. The number of hydrogen-bond donors (Lipinski definition) is 7. The van der Waals surface area contributed by atoms with Gasteiger partial charge in [-0.2, -0.15) is 0 Å². The van der Waals surface area contributed by atoms with Crippen LogP contribution in [0.2, 0.25) is 5.02 Å². The minimum atomic E-state index is -4.40. The Balaban J connectivity index is 1.34. The number of hydrogen-bond acceptors (Lipinski definition) is 13. The molecule has 7 N–H and O–H groups in total. The van der Waals surface area contributed by atoms with E-state index in [2.05, 4.69) is 20.9 Å². The molecule has 270 valence electrons. The number of imide groups is 1. The van der Waals surface area contributed by atoms with Gasteiger partial charge in [0, 0.05) is 23.7 Å². The van der Waals surface area contributed by atoms with Crippen LogP contribution in [0, 0.1) is 11.6 Å². The molecule has 2 atom stereocenters. The van der Waals surface area contributed by atoms with Crippen molar-refractivity contribution < 1.29 is 66.2 Å². The molecule has 0 radical (unpaired) electrons. The van der Waals surface area contributed by atoms with Gasteiger partial charge >= 0.3 is 25.1 Å². The Morgan fingerprint density at radius 2 is 1.88 bits per heavy atom. The van der Waals surface area contributed by atoms with Gasteiger partial charge in [-0.25, -0.2) is 45.8 Å². The second kappa shape index (κ2) is 14.5. The van der Waals surface area contributed by atoms with Gasteiger partial charge in [-0.3, -0.25) is 9.59 Å². The quantitative estimate of drug-likeness (QED) is 0.110. The lowest BCUT2D eigenvalue weighted by molar-refractivity contribution is -0.123. The molecule has 0 bridgehead atoms. The topological polar surface area (TPSA) is 265 Å². The fourth-order valence-corrected chi connectivity index (χ4v) is 7.20. The fraction of sp³-hybridized carbons (Fsp3) is 0.259. The fourth-order valence-electron chi connectivity index (χ4n) is 5.12. The number of phenols is 2. The van der Waals surface area contributed by atoms with Gasteiger partial charge in [-0.05, 0) is 24.1 Å². The van der Waals surface area contributed by atoms with Gasteiger partial charge in [-0.1, -0.05) is 17.7 Å². The van der Waals surface area contributed by atoms with E-state index in [1.54, 1.807) is 0 Å². The molecule has 3 aromatic rings. The smallest absolute Gasteiger partial charge is 0.534 e. The lowest BCUT2D eigenvalue weighted by Gasteiger charge is -2.31. The lowest BCUT2D eigenvalue weighted by Crippen LogP contribution is -2.56. The first kappa shape index (κ1) is 37.0. The summed E-state index contributed by atoms with van der Waals surface area (Å²) in [4.78, 5) is 67.9.